The van der Waals surface area contributed by atoms with E-state index in [4.69, 9.17) is 4.74 Å². The highest BCUT2D eigenvalue weighted by atomic mass is 32.2. The molecular weight excluding hydrogens is 242 g/mol. The first-order chi connectivity index (χ1) is 7.98. The Balaban J connectivity index is 2.06. The van der Waals surface area contributed by atoms with E-state index in [0.717, 1.165) is 18.5 Å². The molecule has 0 amide bonds. The molecule has 0 bridgehead atoms. The number of H-pyrrole nitrogens is 1. The highest BCUT2D eigenvalue weighted by molar-refractivity contribution is 7.92. The van der Waals surface area contributed by atoms with Crippen LogP contribution in [0.15, 0.2) is 0 Å². The monoisotopic (exact) mass is 259 g/mol. The van der Waals surface area contributed by atoms with E-state index in [9.17, 15) is 8.42 Å². The summed E-state index contributed by atoms with van der Waals surface area (Å²) in [5.74, 6) is 0.0110. The Bertz CT molecular complexity index is 469. The maximum atomic E-state index is 11.9. The Labute approximate surface area is 101 Å². The number of aromatic nitrogens is 2. The van der Waals surface area contributed by atoms with Gasteiger partial charge in [0.15, 0.2) is 0 Å². The molecule has 0 radical (unpaired) electrons. The maximum absolute atomic E-state index is 11.9. The van der Waals surface area contributed by atoms with Gasteiger partial charge in [0.2, 0.25) is 10.0 Å². The van der Waals surface area contributed by atoms with Gasteiger partial charge in [-0.3, -0.25) is 9.82 Å². The molecule has 1 aliphatic heterocycles. The third-order valence-corrected chi connectivity index (χ3v) is 4.14. The molecule has 1 aromatic rings. The maximum Gasteiger partial charge on any atom is 0.235 e. The van der Waals surface area contributed by atoms with E-state index in [2.05, 4.69) is 14.9 Å². The van der Waals surface area contributed by atoms with Gasteiger partial charge in [-0.15, -0.1) is 0 Å². The van der Waals surface area contributed by atoms with Crippen LogP contribution in [0.1, 0.15) is 24.2 Å². The number of hydrogen-bond acceptors (Lipinski definition) is 4. The van der Waals surface area contributed by atoms with Crippen molar-refractivity contribution in [3.8, 4) is 0 Å². The largest absolute Gasteiger partial charge is 0.377 e. The average Bonchev–Trinajstić information content (AvgIpc) is 2.82. The van der Waals surface area contributed by atoms with Gasteiger partial charge in [-0.2, -0.15) is 5.10 Å². The van der Waals surface area contributed by atoms with Crippen molar-refractivity contribution >= 4 is 15.7 Å². The van der Waals surface area contributed by atoms with E-state index < -0.39 is 10.0 Å². The molecule has 0 aliphatic carbocycles. The quantitative estimate of drug-likeness (QED) is 0.843. The molecule has 2 N–H and O–H groups in total. The highest BCUT2D eigenvalue weighted by Gasteiger charge is 2.24. The number of rotatable bonds is 4. The highest BCUT2D eigenvalue weighted by Crippen LogP contribution is 2.20. The lowest BCUT2D eigenvalue weighted by Gasteiger charge is -2.12. The Kier molecular flexibility index (Phi) is 3.39. The lowest BCUT2D eigenvalue weighted by molar-refractivity contribution is 0.127. The Hall–Kier alpha value is -1.08. The summed E-state index contributed by atoms with van der Waals surface area (Å²) in [5, 5.41) is 6.69. The molecular formula is C10H17N3O3S. The molecule has 0 saturated carbocycles. The normalized spacial score (nSPS) is 20.7. The molecule has 2 rings (SSSR count). The van der Waals surface area contributed by atoms with E-state index in [-0.39, 0.29) is 11.9 Å². The topological polar surface area (TPSA) is 84.1 Å². The number of anilines is 1. The molecule has 2 heterocycles. The van der Waals surface area contributed by atoms with Gasteiger partial charge in [-0.1, -0.05) is 0 Å². The van der Waals surface area contributed by atoms with Crippen molar-refractivity contribution in [3.05, 3.63) is 11.4 Å². The standard InChI is InChI=1S/C10H17N3O3S/c1-7-10(8(2)12-11-7)13-17(14,15)6-9-4-3-5-16-9/h9,13H,3-6H2,1-2H3,(H,11,12). The lowest BCUT2D eigenvalue weighted by Crippen LogP contribution is -2.26. The second kappa shape index (κ2) is 4.66. The fourth-order valence-corrected chi connectivity index (χ4v) is 3.37. The van der Waals surface area contributed by atoms with Crippen LogP contribution in [-0.2, 0) is 14.8 Å². The van der Waals surface area contributed by atoms with Crippen LogP contribution in [0.4, 0.5) is 5.69 Å². The van der Waals surface area contributed by atoms with Gasteiger partial charge in [0.05, 0.1) is 28.9 Å². The van der Waals surface area contributed by atoms with Gasteiger partial charge < -0.3 is 4.74 Å². The molecule has 1 atom stereocenters. The van der Waals surface area contributed by atoms with Crippen LogP contribution >= 0.6 is 0 Å². The number of sulfonamides is 1. The molecule has 96 valence electrons. The van der Waals surface area contributed by atoms with Crippen LogP contribution in [-0.4, -0.2) is 37.1 Å². The number of ether oxygens (including phenoxy) is 1. The third kappa shape index (κ3) is 2.98. The predicted octanol–water partition coefficient (Wildman–Crippen LogP) is 0.947. The molecule has 1 fully saturated rings. The fourth-order valence-electron chi connectivity index (χ4n) is 1.92. The van der Waals surface area contributed by atoms with Crippen LogP contribution in [0.25, 0.3) is 0 Å². The van der Waals surface area contributed by atoms with Crippen LogP contribution in [0.2, 0.25) is 0 Å². The number of aromatic amines is 1. The van der Waals surface area contributed by atoms with Crippen molar-refractivity contribution in [1.82, 2.24) is 10.2 Å². The van der Waals surface area contributed by atoms with Crippen molar-refractivity contribution in [2.45, 2.75) is 32.8 Å². The lowest BCUT2D eigenvalue weighted by atomic mass is 10.3. The smallest absolute Gasteiger partial charge is 0.235 e. The minimum atomic E-state index is -3.37. The van der Waals surface area contributed by atoms with E-state index in [1.165, 1.54) is 0 Å². The molecule has 1 aromatic heterocycles. The van der Waals surface area contributed by atoms with E-state index in [1.807, 2.05) is 0 Å². The second-order valence-electron chi connectivity index (χ2n) is 4.33. The van der Waals surface area contributed by atoms with Gasteiger partial charge in [-0.05, 0) is 26.7 Å². The van der Waals surface area contributed by atoms with Crippen LogP contribution in [0, 0.1) is 13.8 Å². The zero-order valence-corrected chi connectivity index (χ0v) is 10.8. The minimum absolute atomic E-state index is 0.0110. The Morgan fingerprint density at radius 2 is 2.29 bits per heavy atom. The van der Waals surface area contributed by atoms with Gasteiger partial charge in [0.25, 0.3) is 0 Å². The van der Waals surface area contributed by atoms with Gasteiger partial charge in [0.1, 0.15) is 0 Å². The van der Waals surface area contributed by atoms with Gasteiger partial charge in [0, 0.05) is 6.61 Å². The molecule has 17 heavy (non-hydrogen) atoms. The molecule has 0 spiro atoms. The molecule has 1 aliphatic rings. The summed E-state index contributed by atoms with van der Waals surface area (Å²) in [4.78, 5) is 0. The summed E-state index contributed by atoms with van der Waals surface area (Å²) >= 11 is 0. The summed E-state index contributed by atoms with van der Waals surface area (Å²) in [5.41, 5.74) is 1.92. The van der Waals surface area contributed by atoms with Crippen molar-refractivity contribution < 1.29 is 13.2 Å². The van der Waals surface area contributed by atoms with Gasteiger partial charge >= 0.3 is 0 Å². The molecule has 0 aromatic carbocycles. The predicted molar refractivity (Wildman–Crippen MR) is 64.4 cm³/mol. The summed E-state index contributed by atoms with van der Waals surface area (Å²) in [7, 11) is -3.37. The summed E-state index contributed by atoms with van der Waals surface area (Å²) < 4.78 is 31.7. The average molecular weight is 259 g/mol. The van der Waals surface area contributed by atoms with Crippen molar-refractivity contribution in [3.63, 3.8) is 0 Å². The number of hydrogen-bond donors (Lipinski definition) is 2. The number of nitrogens with zero attached hydrogens (tertiary/aromatic N) is 1. The molecule has 6 nitrogen and oxygen atoms in total. The molecule has 7 heteroatoms. The first-order valence-electron chi connectivity index (χ1n) is 5.61. The van der Waals surface area contributed by atoms with Crippen molar-refractivity contribution in [2.24, 2.45) is 0 Å². The number of aryl methyl sites for hydroxylation is 2. The second-order valence-corrected chi connectivity index (χ2v) is 6.09. The van der Waals surface area contributed by atoms with Crippen molar-refractivity contribution in [2.75, 3.05) is 17.1 Å². The SMILES string of the molecule is Cc1n[nH]c(C)c1NS(=O)(=O)CC1CCCO1. The molecule has 1 unspecified atom stereocenters. The van der Waals surface area contributed by atoms with E-state index in [0.29, 0.717) is 18.0 Å². The zero-order valence-electron chi connectivity index (χ0n) is 9.99. The van der Waals surface area contributed by atoms with Crippen LogP contribution < -0.4 is 4.72 Å². The van der Waals surface area contributed by atoms with E-state index >= 15 is 0 Å². The first kappa shape index (κ1) is 12.4. The summed E-state index contributed by atoms with van der Waals surface area (Å²) in [6, 6.07) is 0. The Morgan fingerprint density at radius 3 is 2.82 bits per heavy atom. The molecule has 1 saturated heterocycles. The Morgan fingerprint density at radius 1 is 1.53 bits per heavy atom. The minimum Gasteiger partial charge on any atom is -0.377 e. The van der Waals surface area contributed by atoms with E-state index in [1.54, 1.807) is 13.8 Å². The third-order valence-electron chi connectivity index (χ3n) is 2.81. The summed E-state index contributed by atoms with van der Waals surface area (Å²) in [6.07, 6.45) is 1.56. The van der Waals surface area contributed by atoms with Crippen molar-refractivity contribution in [1.29, 1.82) is 0 Å². The van der Waals surface area contributed by atoms with Crippen LogP contribution in [0.5, 0.6) is 0 Å². The fraction of sp³-hybridized carbons (Fsp3) is 0.700. The van der Waals surface area contributed by atoms with Gasteiger partial charge in [-0.25, -0.2) is 8.42 Å². The van der Waals surface area contributed by atoms with Crippen LogP contribution in [0.3, 0.4) is 0 Å². The zero-order chi connectivity index (χ0) is 12.5. The summed E-state index contributed by atoms with van der Waals surface area (Å²) in [6.45, 7) is 4.20. The number of nitrogens with one attached hydrogen (secondary N) is 2. The first-order valence-corrected chi connectivity index (χ1v) is 7.27.